The summed E-state index contributed by atoms with van der Waals surface area (Å²) in [4.78, 5) is 11.1. The van der Waals surface area contributed by atoms with E-state index in [1.807, 2.05) is 31.2 Å². The SMILES string of the molecule is Cc1cccc(-c2ccoc2C(N)=O)c1. The number of amides is 1. The van der Waals surface area contributed by atoms with Gasteiger partial charge in [-0.2, -0.15) is 0 Å². The first-order valence-electron chi connectivity index (χ1n) is 4.63. The molecule has 1 aromatic carbocycles. The van der Waals surface area contributed by atoms with Crippen molar-refractivity contribution >= 4 is 5.91 Å². The Hall–Kier alpha value is -2.03. The van der Waals surface area contributed by atoms with Crippen molar-refractivity contribution in [1.82, 2.24) is 0 Å². The number of aryl methyl sites for hydroxylation is 1. The summed E-state index contributed by atoms with van der Waals surface area (Å²) < 4.78 is 5.05. The lowest BCUT2D eigenvalue weighted by Crippen LogP contribution is -2.10. The summed E-state index contributed by atoms with van der Waals surface area (Å²) in [6.07, 6.45) is 1.47. The molecule has 0 aliphatic heterocycles. The van der Waals surface area contributed by atoms with Crippen LogP contribution in [0, 0.1) is 6.92 Å². The molecule has 3 nitrogen and oxygen atoms in total. The van der Waals surface area contributed by atoms with Gasteiger partial charge in [-0.15, -0.1) is 0 Å². The van der Waals surface area contributed by atoms with Crippen molar-refractivity contribution in [1.29, 1.82) is 0 Å². The van der Waals surface area contributed by atoms with E-state index in [-0.39, 0.29) is 5.76 Å². The lowest BCUT2D eigenvalue weighted by molar-refractivity contribution is 0.0975. The third kappa shape index (κ3) is 1.76. The van der Waals surface area contributed by atoms with Gasteiger partial charge in [0.2, 0.25) is 0 Å². The molecule has 0 saturated heterocycles. The molecule has 0 fully saturated rings. The molecular weight excluding hydrogens is 190 g/mol. The first-order chi connectivity index (χ1) is 7.18. The summed E-state index contributed by atoms with van der Waals surface area (Å²) in [7, 11) is 0. The first-order valence-corrected chi connectivity index (χ1v) is 4.63. The van der Waals surface area contributed by atoms with Crippen molar-refractivity contribution < 1.29 is 9.21 Å². The van der Waals surface area contributed by atoms with E-state index in [0.29, 0.717) is 0 Å². The average Bonchev–Trinajstić information content (AvgIpc) is 2.65. The predicted octanol–water partition coefficient (Wildman–Crippen LogP) is 2.35. The number of nitrogens with two attached hydrogens (primary N) is 1. The van der Waals surface area contributed by atoms with Crippen LogP contribution in [0.3, 0.4) is 0 Å². The minimum absolute atomic E-state index is 0.209. The Morgan fingerprint density at radius 3 is 2.80 bits per heavy atom. The minimum atomic E-state index is -0.545. The van der Waals surface area contributed by atoms with Crippen molar-refractivity contribution in [2.45, 2.75) is 6.92 Å². The molecule has 0 spiro atoms. The fourth-order valence-corrected chi connectivity index (χ4v) is 1.54. The number of furan rings is 1. The Balaban J connectivity index is 2.54. The summed E-state index contributed by atoms with van der Waals surface area (Å²) in [5.74, 6) is -0.336. The highest BCUT2D eigenvalue weighted by Crippen LogP contribution is 2.25. The van der Waals surface area contributed by atoms with E-state index in [1.54, 1.807) is 6.07 Å². The van der Waals surface area contributed by atoms with E-state index in [0.717, 1.165) is 16.7 Å². The molecule has 0 saturated carbocycles. The molecule has 15 heavy (non-hydrogen) atoms. The molecule has 1 heterocycles. The largest absolute Gasteiger partial charge is 0.459 e. The fourth-order valence-electron chi connectivity index (χ4n) is 1.54. The van der Waals surface area contributed by atoms with Gasteiger partial charge in [-0.3, -0.25) is 4.79 Å². The maximum atomic E-state index is 11.1. The second-order valence-electron chi connectivity index (χ2n) is 3.40. The molecule has 76 valence electrons. The van der Waals surface area contributed by atoms with Crippen LogP contribution in [-0.4, -0.2) is 5.91 Å². The van der Waals surface area contributed by atoms with E-state index in [9.17, 15) is 4.79 Å². The quantitative estimate of drug-likeness (QED) is 0.810. The Morgan fingerprint density at radius 2 is 2.13 bits per heavy atom. The van der Waals surface area contributed by atoms with E-state index in [1.165, 1.54) is 6.26 Å². The molecule has 1 aromatic heterocycles. The van der Waals surface area contributed by atoms with Crippen LogP contribution in [0.2, 0.25) is 0 Å². The molecule has 0 aliphatic carbocycles. The Labute approximate surface area is 87.5 Å². The molecule has 0 atom stereocenters. The van der Waals surface area contributed by atoms with Gasteiger partial charge < -0.3 is 10.2 Å². The van der Waals surface area contributed by atoms with Gasteiger partial charge in [0.1, 0.15) is 0 Å². The third-order valence-corrected chi connectivity index (χ3v) is 2.22. The molecule has 0 radical (unpaired) electrons. The van der Waals surface area contributed by atoms with Crippen LogP contribution < -0.4 is 5.73 Å². The van der Waals surface area contributed by atoms with Crippen LogP contribution in [0.5, 0.6) is 0 Å². The Kier molecular flexibility index (Phi) is 2.29. The summed E-state index contributed by atoms with van der Waals surface area (Å²) in [5.41, 5.74) is 8.01. The topological polar surface area (TPSA) is 56.2 Å². The number of carbonyl (C=O) groups excluding carboxylic acids is 1. The molecule has 1 amide bonds. The predicted molar refractivity (Wildman–Crippen MR) is 57.4 cm³/mol. The normalized spacial score (nSPS) is 10.2. The number of rotatable bonds is 2. The van der Waals surface area contributed by atoms with Gasteiger partial charge in [-0.05, 0) is 18.6 Å². The summed E-state index contributed by atoms with van der Waals surface area (Å²) in [5, 5.41) is 0. The molecule has 2 rings (SSSR count). The average molecular weight is 201 g/mol. The van der Waals surface area contributed by atoms with Crippen molar-refractivity contribution in [2.75, 3.05) is 0 Å². The summed E-state index contributed by atoms with van der Waals surface area (Å²) in [6, 6.07) is 9.58. The van der Waals surface area contributed by atoms with E-state index < -0.39 is 5.91 Å². The number of hydrogen-bond acceptors (Lipinski definition) is 2. The van der Waals surface area contributed by atoms with Crippen molar-refractivity contribution in [3.05, 3.63) is 47.9 Å². The second kappa shape index (κ2) is 3.61. The van der Waals surface area contributed by atoms with Gasteiger partial charge in [0, 0.05) is 5.56 Å². The molecule has 0 unspecified atom stereocenters. The van der Waals surface area contributed by atoms with Gasteiger partial charge >= 0.3 is 0 Å². The zero-order valence-electron chi connectivity index (χ0n) is 8.36. The van der Waals surface area contributed by atoms with Gasteiger partial charge in [-0.1, -0.05) is 29.8 Å². The van der Waals surface area contributed by atoms with Crippen molar-refractivity contribution in [3.63, 3.8) is 0 Å². The standard InChI is InChI=1S/C12H11NO2/c1-8-3-2-4-9(7-8)10-5-6-15-11(10)12(13)14/h2-7H,1H3,(H2,13,14). The lowest BCUT2D eigenvalue weighted by atomic mass is 10.0. The van der Waals surface area contributed by atoms with Crippen LogP contribution >= 0.6 is 0 Å². The van der Waals surface area contributed by atoms with Gasteiger partial charge in [-0.25, -0.2) is 0 Å². The Bertz CT molecular complexity index is 500. The number of carbonyl (C=O) groups is 1. The number of hydrogen-bond donors (Lipinski definition) is 1. The van der Waals surface area contributed by atoms with Crippen LogP contribution in [-0.2, 0) is 0 Å². The van der Waals surface area contributed by atoms with Crippen LogP contribution in [0.1, 0.15) is 16.1 Å². The van der Waals surface area contributed by atoms with Crippen molar-refractivity contribution in [3.8, 4) is 11.1 Å². The van der Waals surface area contributed by atoms with Crippen LogP contribution in [0.4, 0.5) is 0 Å². The second-order valence-corrected chi connectivity index (χ2v) is 3.40. The molecule has 0 aliphatic rings. The van der Waals surface area contributed by atoms with Gasteiger partial charge in [0.05, 0.1) is 6.26 Å². The van der Waals surface area contributed by atoms with Gasteiger partial charge in [0.15, 0.2) is 5.76 Å². The number of benzene rings is 1. The minimum Gasteiger partial charge on any atom is -0.459 e. The van der Waals surface area contributed by atoms with E-state index >= 15 is 0 Å². The third-order valence-electron chi connectivity index (χ3n) is 2.22. The molecule has 3 heteroatoms. The first kappa shape index (κ1) is 9.52. The zero-order chi connectivity index (χ0) is 10.8. The summed E-state index contributed by atoms with van der Waals surface area (Å²) in [6.45, 7) is 1.99. The summed E-state index contributed by atoms with van der Waals surface area (Å²) >= 11 is 0. The highest BCUT2D eigenvalue weighted by atomic mass is 16.3. The molecular formula is C12H11NO2. The maximum Gasteiger partial charge on any atom is 0.285 e. The van der Waals surface area contributed by atoms with E-state index in [4.69, 9.17) is 10.2 Å². The zero-order valence-corrected chi connectivity index (χ0v) is 8.36. The molecule has 0 bridgehead atoms. The monoisotopic (exact) mass is 201 g/mol. The lowest BCUT2D eigenvalue weighted by Gasteiger charge is -2.00. The van der Waals surface area contributed by atoms with E-state index in [2.05, 4.69) is 0 Å². The molecule has 2 aromatic rings. The highest BCUT2D eigenvalue weighted by molar-refractivity contribution is 5.97. The molecule has 2 N–H and O–H groups in total. The smallest absolute Gasteiger partial charge is 0.285 e. The highest BCUT2D eigenvalue weighted by Gasteiger charge is 2.13. The van der Waals surface area contributed by atoms with Crippen LogP contribution in [0.15, 0.2) is 41.0 Å². The fraction of sp³-hybridized carbons (Fsp3) is 0.0833. The van der Waals surface area contributed by atoms with Gasteiger partial charge in [0.25, 0.3) is 5.91 Å². The number of primary amides is 1. The van der Waals surface area contributed by atoms with Crippen LogP contribution in [0.25, 0.3) is 11.1 Å². The Morgan fingerprint density at radius 1 is 1.33 bits per heavy atom. The van der Waals surface area contributed by atoms with Crippen molar-refractivity contribution in [2.24, 2.45) is 5.73 Å². The maximum absolute atomic E-state index is 11.1.